The molecule has 0 heterocycles. The smallest absolute Gasteiger partial charge is 0.119 e. The van der Waals surface area contributed by atoms with Gasteiger partial charge < -0.3 is 9.84 Å². The molecule has 76 valence electrons. The number of hydrogen-bond donors (Lipinski definition) is 1. The summed E-state index contributed by atoms with van der Waals surface area (Å²) >= 11 is 0. The van der Waals surface area contributed by atoms with Gasteiger partial charge in [0.05, 0.1) is 13.2 Å². The van der Waals surface area contributed by atoms with E-state index in [1.165, 1.54) is 19.3 Å². The highest BCUT2D eigenvalue weighted by Crippen LogP contribution is 2.27. The molecule has 1 N–H and O–H groups in total. The van der Waals surface area contributed by atoms with Gasteiger partial charge in [0.15, 0.2) is 0 Å². The summed E-state index contributed by atoms with van der Waals surface area (Å²) < 4.78 is 5.63. The van der Waals surface area contributed by atoms with Crippen LogP contribution in [0, 0.1) is 5.92 Å². The first-order valence-electron chi connectivity index (χ1n) is 5.21. The van der Waals surface area contributed by atoms with Crippen LogP contribution in [0.3, 0.4) is 0 Å². The van der Waals surface area contributed by atoms with E-state index in [4.69, 9.17) is 9.84 Å². The summed E-state index contributed by atoms with van der Waals surface area (Å²) in [7, 11) is 0. The van der Waals surface area contributed by atoms with E-state index in [2.05, 4.69) is 0 Å². The Balaban J connectivity index is 1.83. The van der Waals surface area contributed by atoms with Crippen molar-refractivity contribution in [1.82, 2.24) is 0 Å². The zero-order valence-electron chi connectivity index (χ0n) is 8.28. The van der Waals surface area contributed by atoms with Gasteiger partial charge in [-0.2, -0.15) is 0 Å². The maximum absolute atomic E-state index is 8.85. The predicted octanol–water partition coefficient (Wildman–Crippen LogP) is 2.36. The van der Waals surface area contributed by atoms with E-state index in [-0.39, 0.29) is 6.61 Å². The van der Waals surface area contributed by atoms with Crippen LogP contribution < -0.4 is 4.74 Å². The predicted molar refractivity (Wildman–Crippen MR) is 55.2 cm³/mol. The zero-order valence-corrected chi connectivity index (χ0v) is 8.28. The third-order valence-corrected chi connectivity index (χ3v) is 2.82. The molecule has 0 unspecified atom stereocenters. The molecule has 0 saturated heterocycles. The summed E-state index contributed by atoms with van der Waals surface area (Å²) in [4.78, 5) is 0. The molecule has 1 saturated carbocycles. The normalized spacial score (nSPS) is 16.4. The maximum atomic E-state index is 8.85. The molecule has 0 aliphatic heterocycles. The molecule has 14 heavy (non-hydrogen) atoms. The molecule has 1 aromatic rings. The number of ether oxygens (including phenoxy) is 1. The minimum atomic E-state index is 0.100. The van der Waals surface area contributed by atoms with Gasteiger partial charge in [-0.1, -0.05) is 18.6 Å². The average molecular weight is 192 g/mol. The summed E-state index contributed by atoms with van der Waals surface area (Å²) in [6, 6.07) is 7.64. The Hall–Kier alpha value is -1.02. The minimum Gasteiger partial charge on any atom is -0.493 e. The van der Waals surface area contributed by atoms with Gasteiger partial charge in [-0.05, 0) is 36.5 Å². The van der Waals surface area contributed by atoms with E-state index >= 15 is 0 Å². The van der Waals surface area contributed by atoms with E-state index in [0.29, 0.717) is 0 Å². The summed E-state index contributed by atoms with van der Waals surface area (Å²) in [5.74, 6) is 1.68. The summed E-state index contributed by atoms with van der Waals surface area (Å²) in [5.41, 5.74) is 0.931. The van der Waals surface area contributed by atoms with E-state index in [0.717, 1.165) is 23.8 Å². The van der Waals surface area contributed by atoms with Crippen LogP contribution in [-0.4, -0.2) is 11.7 Å². The van der Waals surface area contributed by atoms with Crippen LogP contribution in [0.4, 0.5) is 0 Å². The Morgan fingerprint density at radius 2 is 1.93 bits per heavy atom. The second kappa shape index (κ2) is 4.47. The third-order valence-electron chi connectivity index (χ3n) is 2.82. The van der Waals surface area contributed by atoms with E-state index < -0.39 is 0 Å². The molecule has 0 radical (unpaired) electrons. The molecule has 2 nitrogen and oxygen atoms in total. The largest absolute Gasteiger partial charge is 0.493 e. The monoisotopic (exact) mass is 192 g/mol. The van der Waals surface area contributed by atoms with Gasteiger partial charge in [-0.3, -0.25) is 0 Å². The second-order valence-electron chi connectivity index (χ2n) is 3.91. The van der Waals surface area contributed by atoms with E-state index in [1.54, 1.807) is 0 Å². The van der Waals surface area contributed by atoms with Gasteiger partial charge in [0.25, 0.3) is 0 Å². The van der Waals surface area contributed by atoms with Crippen molar-refractivity contribution >= 4 is 0 Å². The Morgan fingerprint density at radius 3 is 2.43 bits per heavy atom. The van der Waals surface area contributed by atoms with Crippen molar-refractivity contribution in [3.8, 4) is 5.75 Å². The van der Waals surface area contributed by atoms with Crippen molar-refractivity contribution < 1.29 is 9.84 Å². The van der Waals surface area contributed by atoms with Crippen LogP contribution in [0.25, 0.3) is 0 Å². The molecule has 2 heteroatoms. The highest BCUT2D eigenvalue weighted by molar-refractivity contribution is 5.26. The minimum absolute atomic E-state index is 0.100. The van der Waals surface area contributed by atoms with Crippen LogP contribution in [-0.2, 0) is 6.61 Å². The lowest BCUT2D eigenvalue weighted by atomic mass is 9.86. The fraction of sp³-hybridized carbons (Fsp3) is 0.500. The molecule has 1 aliphatic rings. The van der Waals surface area contributed by atoms with Crippen molar-refractivity contribution in [2.24, 2.45) is 5.92 Å². The molecule has 0 spiro atoms. The molecule has 0 bridgehead atoms. The van der Waals surface area contributed by atoms with Crippen LogP contribution in [0.5, 0.6) is 5.75 Å². The van der Waals surface area contributed by atoms with Crippen molar-refractivity contribution in [2.75, 3.05) is 6.61 Å². The van der Waals surface area contributed by atoms with Gasteiger partial charge >= 0.3 is 0 Å². The lowest BCUT2D eigenvalue weighted by Crippen LogP contribution is -2.19. The second-order valence-corrected chi connectivity index (χ2v) is 3.91. The van der Waals surface area contributed by atoms with Gasteiger partial charge in [0.1, 0.15) is 5.75 Å². The van der Waals surface area contributed by atoms with Crippen molar-refractivity contribution in [2.45, 2.75) is 25.9 Å². The van der Waals surface area contributed by atoms with E-state index in [9.17, 15) is 0 Å². The Bertz CT molecular complexity index is 275. The standard InChI is InChI=1S/C12H16O2/c13-8-10-4-6-12(7-5-10)14-9-11-2-1-3-11/h4-7,11,13H,1-3,8-9H2. The lowest BCUT2D eigenvalue weighted by Gasteiger charge is -2.25. The number of aliphatic hydroxyl groups excluding tert-OH is 1. The number of rotatable bonds is 4. The van der Waals surface area contributed by atoms with Crippen LogP contribution in [0.1, 0.15) is 24.8 Å². The molecule has 0 aromatic heterocycles. The fourth-order valence-electron chi connectivity index (χ4n) is 1.56. The highest BCUT2D eigenvalue weighted by atomic mass is 16.5. The number of aliphatic hydroxyl groups is 1. The number of hydrogen-bond acceptors (Lipinski definition) is 2. The molecular weight excluding hydrogens is 176 g/mol. The highest BCUT2D eigenvalue weighted by Gasteiger charge is 2.17. The molecule has 1 aromatic carbocycles. The number of benzene rings is 1. The topological polar surface area (TPSA) is 29.5 Å². The Kier molecular flexibility index (Phi) is 3.04. The summed E-state index contributed by atoms with van der Waals surface area (Å²) in [6.45, 7) is 0.946. The van der Waals surface area contributed by atoms with Gasteiger partial charge in [0, 0.05) is 0 Å². The van der Waals surface area contributed by atoms with Crippen molar-refractivity contribution in [1.29, 1.82) is 0 Å². The molecule has 1 fully saturated rings. The van der Waals surface area contributed by atoms with Crippen molar-refractivity contribution in [3.05, 3.63) is 29.8 Å². The first-order chi connectivity index (χ1) is 6.88. The van der Waals surface area contributed by atoms with Gasteiger partial charge in [0.2, 0.25) is 0 Å². The molecular formula is C12H16O2. The molecule has 0 amide bonds. The van der Waals surface area contributed by atoms with E-state index in [1.807, 2.05) is 24.3 Å². The molecule has 2 rings (SSSR count). The lowest BCUT2D eigenvalue weighted by molar-refractivity contribution is 0.180. The molecule has 1 aliphatic carbocycles. The van der Waals surface area contributed by atoms with Gasteiger partial charge in [-0.25, -0.2) is 0 Å². The average Bonchev–Trinajstić information content (AvgIpc) is 2.16. The summed E-state index contributed by atoms with van der Waals surface area (Å²) in [6.07, 6.45) is 3.99. The van der Waals surface area contributed by atoms with Crippen molar-refractivity contribution in [3.63, 3.8) is 0 Å². The van der Waals surface area contributed by atoms with Gasteiger partial charge in [-0.15, -0.1) is 0 Å². The fourth-order valence-corrected chi connectivity index (χ4v) is 1.56. The van der Waals surface area contributed by atoms with Crippen LogP contribution in [0.2, 0.25) is 0 Å². The summed E-state index contributed by atoms with van der Waals surface area (Å²) in [5, 5.41) is 8.85. The Morgan fingerprint density at radius 1 is 1.21 bits per heavy atom. The third kappa shape index (κ3) is 2.26. The first kappa shape index (κ1) is 9.53. The quantitative estimate of drug-likeness (QED) is 0.793. The first-order valence-corrected chi connectivity index (χ1v) is 5.21. The SMILES string of the molecule is OCc1ccc(OCC2CCC2)cc1. The van der Waals surface area contributed by atoms with Crippen LogP contribution in [0.15, 0.2) is 24.3 Å². The zero-order chi connectivity index (χ0) is 9.80. The maximum Gasteiger partial charge on any atom is 0.119 e. The molecule has 0 atom stereocenters. The van der Waals surface area contributed by atoms with Crippen LogP contribution >= 0.6 is 0 Å². The Labute approximate surface area is 84.5 Å².